The molecule has 0 radical (unpaired) electrons. The molecule has 1 aliphatic heterocycles. The minimum Gasteiger partial charge on any atom is -0.502 e. The summed E-state index contributed by atoms with van der Waals surface area (Å²) in [5, 5.41) is 40.6. The summed E-state index contributed by atoms with van der Waals surface area (Å²) in [5.41, 5.74) is 0.252. The number of carbonyl (C=O) groups is 1. The number of benzene rings is 2. The van der Waals surface area contributed by atoms with E-state index < -0.39 is 49.0 Å². The Morgan fingerprint density at radius 3 is 2.40 bits per heavy atom. The van der Waals surface area contributed by atoms with E-state index >= 15 is 0 Å². The highest BCUT2D eigenvalue weighted by Gasteiger charge is 2.48. The van der Waals surface area contributed by atoms with Crippen molar-refractivity contribution in [3.8, 4) is 23.0 Å². The Hall–Kier alpha value is -3.78. The molecule has 0 aliphatic carbocycles. The van der Waals surface area contributed by atoms with Crippen molar-refractivity contribution in [2.75, 3.05) is 20.8 Å². The molecule has 1 fully saturated rings. The highest BCUT2D eigenvalue weighted by atomic mass is 16.7. The lowest BCUT2D eigenvalue weighted by molar-refractivity contribution is -0.276. The molecule has 0 bridgehead atoms. The summed E-state index contributed by atoms with van der Waals surface area (Å²) in [6.45, 7) is -0.669. The molecule has 35 heavy (non-hydrogen) atoms. The third kappa shape index (κ3) is 4.61. The van der Waals surface area contributed by atoms with Crippen LogP contribution in [0.3, 0.4) is 0 Å². The van der Waals surface area contributed by atoms with Gasteiger partial charge in [-0.1, -0.05) is 6.07 Å². The Kier molecular flexibility index (Phi) is 6.84. The molecular weight excluding hydrogens is 470 g/mol. The Bertz CT molecular complexity index is 1240. The molecule has 3 aromatic rings. The summed E-state index contributed by atoms with van der Waals surface area (Å²) in [6.07, 6.45) is -7.70. The molecule has 5 atom stereocenters. The van der Waals surface area contributed by atoms with E-state index in [1.165, 1.54) is 44.6 Å². The molecule has 0 saturated carbocycles. The van der Waals surface area contributed by atoms with Gasteiger partial charge in [0, 0.05) is 0 Å². The number of aromatic nitrogens is 1. The van der Waals surface area contributed by atoms with Gasteiger partial charge in [-0.3, -0.25) is 4.98 Å². The van der Waals surface area contributed by atoms with E-state index in [0.29, 0.717) is 0 Å². The monoisotopic (exact) mass is 493 g/mol. The van der Waals surface area contributed by atoms with Gasteiger partial charge < -0.3 is 48.5 Å². The molecule has 0 amide bonds. The van der Waals surface area contributed by atoms with Crippen molar-refractivity contribution in [3.05, 3.63) is 46.4 Å². The number of oxazole rings is 1. The van der Waals surface area contributed by atoms with Gasteiger partial charge in [0.2, 0.25) is 12.0 Å². The van der Waals surface area contributed by atoms with E-state index in [9.17, 15) is 30.0 Å². The molecule has 13 heteroatoms. The zero-order valence-electron chi connectivity index (χ0n) is 18.5. The first-order chi connectivity index (χ1) is 16.8. The summed E-state index contributed by atoms with van der Waals surface area (Å²) < 4.78 is 31.8. The lowest BCUT2D eigenvalue weighted by atomic mass is 9.99. The van der Waals surface area contributed by atoms with Gasteiger partial charge in [0.25, 0.3) is 0 Å². The minimum absolute atomic E-state index is 0.0626. The number of hydrogen-bond donors (Lipinski definition) is 5. The van der Waals surface area contributed by atoms with Crippen molar-refractivity contribution in [2.45, 2.75) is 30.7 Å². The number of hydrogen-bond acceptors (Lipinski definition) is 12. The Morgan fingerprint density at radius 1 is 1.09 bits per heavy atom. The number of carbonyl (C=O) groups excluding carboxylic acids is 1. The van der Waals surface area contributed by atoms with E-state index in [2.05, 4.69) is 4.98 Å². The Morgan fingerprint density at radius 2 is 1.77 bits per heavy atom. The van der Waals surface area contributed by atoms with E-state index in [1.807, 2.05) is 0 Å². The number of H-pyrrole nitrogens is 1. The van der Waals surface area contributed by atoms with Gasteiger partial charge in [-0.2, -0.15) is 0 Å². The number of aliphatic hydroxyl groups excluding tert-OH is 3. The molecule has 1 aromatic heterocycles. The SMILES string of the molecule is COc1cc(C(=O)O[C@H]2[C@H](Oc3cccc4oc(=O)[nH]c34)O[C@H](CO)[C@@H](O)[C@@H]2O)cc(OC)c1O. The lowest BCUT2D eigenvalue weighted by Crippen LogP contribution is -2.61. The summed E-state index contributed by atoms with van der Waals surface area (Å²) in [5.74, 6) is -2.14. The number of ether oxygens (including phenoxy) is 5. The first-order valence-electron chi connectivity index (χ1n) is 10.3. The van der Waals surface area contributed by atoms with Crippen LogP contribution in [0.1, 0.15) is 10.4 Å². The topological polar surface area (TPSA) is 190 Å². The number of para-hydroxylation sites is 1. The van der Waals surface area contributed by atoms with Crippen LogP contribution in [0.5, 0.6) is 23.0 Å². The third-order valence-corrected chi connectivity index (χ3v) is 5.44. The van der Waals surface area contributed by atoms with E-state index in [4.69, 9.17) is 28.1 Å². The third-order valence-electron chi connectivity index (χ3n) is 5.44. The maximum absolute atomic E-state index is 12.9. The number of fused-ring (bicyclic) bond motifs is 1. The van der Waals surface area contributed by atoms with Crippen LogP contribution >= 0.6 is 0 Å². The minimum atomic E-state index is -1.72. The Balaban J connectivity index is 1.66. The quantitative estimate of drug-likeness (QED) is 0.275. The van der Waals surface area contributed by atoms with Gasteiger partial charge in [0.15, 0.2) is 28.9 Å². The van der Waals surface area contributed by atoms with Crippen LogP contribution in [0.15, 0.2) is 39.5 Å². The molecule has 0 unspecified atom stereocenters. The normalized spacial score (nSPS) is 24.2. The van der Waals surface area contributed by atoms with Crippen LogP contribution in [-0.4, -0.2) is 82.9 Å². The number of phenols is 1. The standard InChI is InChI=1S/C22H23NO12/c1-30-12-6-9(7-13(31-2)16(12)25)20(28)35-19-18(27)17(26)14(8-24)33-21(19)32-10-4-3-5-11-15(10)23-22(29)34-11/h3-7,14,17-19,21,24-27H,8H2,1-2H3,(H,23,29)/t14-,17-,18+,19-,21-/m1/s1. The molecule has 1 saturated heterocycles. The number of aliphatic hydroxyl groups is 3. The largest absolute Gasteiger partial charge is 0.502 e. The van der Waals surface area contributed by atoms with Crippen molar-refractivity contribution in [2.24, 2.45) is 0 Å². The zero-order valence-corrected chi connectivity index (χ0v) is 18.5. The van der Waals surface area contributed by atoms with Crippen LogP contribution in [0, 0.1) is 0 Å². The second-order valence-electron chi connectivity index (χ2n) is 7.57. The second-order valence-corrected chi connectivity index (χ2v) is 7.57. The van der Waals surface area contributed by atoms with Crippen LogP contribution < -0.4 is 20.0 Å². The van der Waals surface area contributed by atoms with Crippen LogP contribution in [0.2, 0.25) is 0 Å². The summed E-state index contributed by atoms with van der Waals surface area (Å²) >= 11 is 0. The predicted octanol–water partition coefficient (Wildman–Crippen LogP) is -0.113. The molecule has 2 aromatic carbocycles. The molecule has 2 heterocycles. The number of esters is 1. The van der Waals surface area contributed by atoms with Crippen LogP contribution in [0.25, 0.3) is 11.1 Å². The number of aromatic amines is 1. The van der Waals surface area contributed by atoms with E-state index in [0.717, 1.165) is 0 Å². The summed E-state index contributed by atoms with van der Waals surface area (Å²) in [4.78, 5) is 27.0. The number of aromatic hydroxyl groups is 1. The van der Waals surface area contributed by atoms with Crippen LogP contribution in [0.4, 0.5) is 0 Å². The van der Waals surface area contributed by atoms with E-state index in [1.54, 1.807) is 0 Å². The fourth-order valence-electron chi connectivity index (χ4n) is 3.65. The maximum Gasteiger partial charge on any atom is 0.417 e. The van der Waals surface area contributed by atoms with Gasteiger partial charge in [-0.15, -0.1) is 0 Å². The van der Waals surface area contributed by atoms with Crippen molar-refractivity contribution in [1.29, 1.82) is 0 Å². The van der Waals surface area contributed by atoms with Gasteiger partial charge in [-0.25, -0.2) is 9.59 Å². The molecule has 188 valence electrons. The lowest BCUT2D eigenvalue weighted by Gasteiger charge is -2.41. The molecule has 0 spiro atoms. The number of phenolic OH excluding ortho intramolecular Hbond substituents is 1. The van der Waals surface area contributed by atoms with Gasteiger partial charge >= 0.3 is 11.7 Å². The molecule has 1 aliphatic rings. The first kappa shape index (κ1) is 24.3. The predicted molar refractivity (Wildman–Crippen MR) is 116 cm³/mol. The van der Waals surface area contributed by atoms with Gasteiger partial charge in [0.05, 0.1) is 26.4 Å². The molecular formula is C22H23NO12. The number of methoxy groups -OCH3 is 2. The average molecular weight is 493 g/mol. The van der Waals surface area contributed by atoms with Gasteiger partial charge in [0.1, 0.15) is 23.8 Å². The molecule has 5 N–H and O–H groups in total. The molecule has 4 rings (SSSR count). The van der Waals surface area contributed by atoms with Crippen molar-refractivity contribution in [3.63, 3.8) is 0 Å². The second kappa shape index (κ2) is 9.84. The number of rotatable bonds is 7. The van der Waals surface area contributed by atoms with Crippen molar-refractivity contribution < 1.29 is 53.3 Å². The fraction of sp³-hybridized carbons (Fsp3) is 0.364. The van der Waals surface area contributed by atoms with Crippen molar-refractivity contribution in [1.82, 2.24) is 4.98 Å². The summed E-state index contributed by atoms with van der Waals surface area (Å²) in [6, 6.07) is 6.89. The van der Waals surface area contributed by atoms with Crippen LogP contribution in [-0.2, 0) is 9.47 Å². The molecule has 13 nitrogen and oxygen atoms in total. The first-order valence-corrected chi connectivity index (χ1v) is 10.3. The highest BCUT2D eigenvalue weighted by Crippen LogP contribution is 2.38. The van der Waals surface area contributed by atoms with E-state index in [-0.39, 0.29) is 39.7 Å². The maximum atomic E-state index is 12.9. The van der Waals surface area contributed by atoms with Crippen molar-refractivity contribution >= 4 is 17.1 Å². The summed E-state index contributed by atoms with van der Waals surface area (Å²) in [7, 11) is 2.55. The highest BCUT2D eigenvalue weighted by molar-refractivity contribution is 5.91. The average Bonchev–Trinajstić information content (AvgIpc) is 3.24. The Labute approximate surface area is 197 Å². The number of nitrogens with one attached hydrogen (secondary N) is 1. The van der Waals surface area contributed by atoms with Gasteiger partial charge in [-0.05, 0) is 24.3 Å². The smallest absolute Gasteiger partial charge is 0.417 e. The fourth-order valence-corrected chi connectivity index (χ4v) is 3.65. The zero-order chi connectivity index (χ0) is 25.3.